The number of anilines is 1. The van der Waals surface area contributed by atoms with Crippen LogP contribution in [0.2, 0.25) is 0 Å². The highest BCUT2D eigenvalue weighted by molar-refractivity contribution is 7.09. The molecule has 0 aliphatic rings. The number of ether oxygens (including phenoxy) is 1. The van der Waals surface area contributed by atoms with Crippen LogP contribution in [0.3, 0.4) is 0 Å². The van der Waals surface area contributed by atoms with Gasteiger partial charge in [-0.3, -0.25) is 0 Å². The molecule has 0 saturated heterocycles. The predicted octanol–water partition coefficient (Wildman–Crippen LogP) is 3.79. The summed E-state index contributed by atoms with van der Waals surface area (Å²) in [6, 6.07) is 12.1. The van der Waals surface area contributed by atoms with Gasteiger partial charge in [-0.05, 0) is 23.6 Å². The second-order valence-electron chi connectivity index (χ2n) is 3.16. The van der Waals surface area contributed by atoms with Gasteiger partial charge < -0.3 is 10.1 Å². The molecule has 0 unspecified atom stereocenters. The Morgan fingerprint density at radius 1 is 1.25 bits per heavy atom. The van der Waals surface area contributed by atoms with Crippen LogP contribution < -0.4 is 10.1 Å². The number of hydrogen-bond donors (Lipinski definition) is 1. The van der Waals surface area contributed by atoms with E-state index in [0.717, 1.165) is 18.0 Å². The van der Waals surface area contributed by atoms with E-state index in [4.69, 9.17) is 4.74 Å². The molecular formula is C12H14ClNOS. The Labute approximate surface area is 106 Å². The fourth-order valence-electron chi connectivity index (χ4n) is 1.34. The summed E-state index contributed by atoms with van der Waals surface area (Å²) in [6.07, 6.45) is 0. The van der Waals surface area contributed by atoms with Crippen molar-refractivity contribution in [2.75, 3.05) is 12.4 Å². The molecule has 0 atom stereocenters. The van der Waals surface area contributed by atoms with Gasteiger partial charge in [-0.2, -0.15) is 0 Å². The molecule has 0 aliphatic carbocycles. The summed E-state index contributed by atoms with van der Waals surface area (Å²) < 4.78 is 5.15. The summed E-state index contributed by atoms with van der Waals surface area (Å²) >= 11 is 1.76. The van der Waals surface area contributed by atoms with E-state index < -0.39 is 0 Å². The first kappa shape index (κ1) is 12.9. The van der Waals surface area contributed by atoms with Gasteiger partial charge in [0.25, 0.3) is 0 Å². The van der Waals surface area contributed by atoms with Crippen molar-refractivity contribution in [2.24, 2.45) is 0 Å². The molecule has 1 N–H and O–H groups in total. The minimum absolute atomic E-state index is 0. The number of hydrogen-bond acceptors (Lipinski definition) is 3. The summed E-state index contributed by atoms with van der Waals surface area (Å²) in [6.45, 7) is 0.866. The lowest BCUT2D eigenvalue weighted by molar-refractivity contribution is 0.415. The maximum Gasteiger partial charge on any atom is 0.120 e. The van der Waals surface area contributed by atoms with E-state index in [-0.39, 0.29) is 12.4 Å². The number of methoxy groups -OCH3 is 1. The zero-order valence-electron chi connectivity index (χ0n) is 8.97. The molecule has 2 rings (SSSR count). The van der Waals surface area contributed by atoms with Crippen molar-refractivity contribution >= 4 is 29.4 Å². The molecule has 1 heterocycles. The quantitative estimate of drug-likeness (QED) is 0.898. The Kier molecular flexibility index (Phi) is 5.15. The van der Waals surface area contributed by atoms with Crippen molar-refractivity contribution in [1.82, 2.24) is 0 Å². The minimum Gasteiger partial charge on any atom is -0.497 e. The van der Waals surface area contributed by atoms with Gasteiger partial charge in [0.2, 0.25) is 0 Å². The van der Waals surface area contributed by atoms with Crippen molar-refractivity contribution in [2.45, 2.75) is 6.54 Å². The second-order valence-corrected chi connectivity index (χ2v) is 4.20. The summed E-state index contributed by atoms with van der Waals surface area (Å²) in [4.78, 5) is 1.33. The SMILES string of the molecule is COc1cccc(NCc2cccs2)c1.Cl. The fourth-order valence-corrected chi connectivity index (χ4v) is 1.98. The van der Waals surface area contributed by atoms with E-state index in [0.29, 0.717) is 0 Å². The number of benzene rings is 1. The fraction of sp³-hybridized carbons (Fsp3) is 0.167. The monoisotopic (exact) mass is 255 g/mol. The third kappa shape index (κ3) is 3.43. The molecule has 0 fully saturated rings. The van der Waals surface area contributed by atoms with E-state index in [1.54, 1.807) is 18.4 Å². The van der Waals surface area contributed by atoms with Crippen molar-refractivity contribution in [3.05, 3.63) is 46.7 Å². The molecule has 0 bridgehead atoms. The largest absolute Gasteiger partial charge is 0.497 e. The predicted molar refractivity (Wildman–Crippen MR) is 71.9 cm³/mol. The molecule has 4 heteroatoms. The Hall–Kier alpha value is -1.19. The van der Waals surface area contributed by atoms with Crippen LogP contribution in [0.4, 0.5) is 5.69 Å². The normalized spacial score (nSPS) is 9.31. The molecule has 2 aromatic rings. The first-order valence-electron chi connectivity index (χ1n) is 4.79. The number of nitrogens with one attached hydrogen (secondary N) is 1. The van der Waals surface area contributed by atoms with Crippen LogP contribution in [-0.4, -0.2) is 7.11 Å². The molecule has 0 spiro atoms. The Morgan fingerprint density at radius 2 is 2.12 bits per heavy atom. The van der Waals surface area contributed by atoms with Crippen molar-refractivity contribution in [3.63, 3.8) is 0 Å². The van der Waals surface area contributed by atoms with Gasteiger partial charge in [0.05, 0.1) is 7.11 Å². The highest BCUT2D eigenvalue weighted by Gasteiger charge is 1.96. The third-order valence-corrected chi connectivity index (χ3v) is 2.99. The highest BCUT2D eigenvalue weighted by Crippen LogP contribution is 2.18. The van der Waals surface area contributed by atoms with Crippen LogP contribution in [0.5, 0.6) is 5.75 Å². The van der Waals surface area contributed by atoms with E-state index in [1.807, 2.05) is 24.3 Å². The first-order valence-corrected chi connectivity index (χ1v) is 5.67. The van der Waals surface area contributed by atoms with Gasteiger partial charge in [0.15, 0.2) is 0 Å². The maximum atomic E-state index is 5.15. The molecule has 0 aliphatic heterocycles. The lowest BCUT2D eigenvalue weighted by Crippen LogP contribution is -1.97. The molecule has 0 radical (unpaired) electrons. The Bertz CT molecular complexity index is 417. The van der Waals surface area contributed by atoms with Crippen LogP contribution >= 0.6 is 23.7 Å². The summed E-state index contributed by atoms with van der Waals surface area (Å²) in [5.74, 6) is 0.881. The molecule has 1 aromatic heterocycles. The second kappa shape index (κ2) is 6.40. The average Bonchev–Trinajstić information content (AvgIpc) is 2.79. The zero-order chi connectivity index (χ0) is 10.5. The smallest absolute Gasteiger partial charge is 0.120 e. The Morgan fingerprint density at radius 3 is 2.81 bits per heavy atom. The van der Waals surface area contributed by atoms with Crippen molar-refractivity contribution < 1.29 is 4.74 Å². The van der Waals surface area contributed by atoms with E-state index >= 15 is 0 Å². The number of thiophene rings is 1. The molecule has 0 saturated carbocycles. The van der Waals surface area contributed by atoms with Crippen molar-refractivity contribution in [1.29, 1.82) is 0 Å². The molecule has 16 heavy (non-hydrogen) atoms. The van der Waals surface area contributed by atoms with Crippen LogP contribution in [0.25, 0.3) is 0 Å². The van der Waals surface area contributed by atoms with E-state index in [2.05, 4.69) is 22.8 Å². The maximum absolute atomic E-state index is 5.15. The number of halogens is 1. The topological polar surface area (TPSA) is 21.3 Å². The van der Waals surface area contributed by atoms with Crippen LogP contribution in [0, 0.1) is 0 Å². The van der Waals surface area contributed by atoms with Gasteiger partial charge in [-0.25, -0.2) is 0 Å². The van der Waals surface area contributed by atoms with Gasteiger partial charge >= 0.3 is 0 Å². The number of rotatable bonds is 4. The van der Waals surface area contributed by atoms with Gasteiger partial charge in [0.1, 0.15) is 5.75 Å². The summed E-state index contributed by atoms with van der Waals surface area (Å²) in [7, 11) is 1.68. The van der Waals surface area contributed by atoms with E-state index in [9.17, 15) is 0 Å². The zero-order valence-corrected chi connectivity index (χ0v) is 10.6. The molecule has 2 nitrogen and oxygen atoms in total. The van der Waals surface area contributed by atoms with Gasteiger partial charge in [0, 0.05) is 23.2 Å². The third-order valence-electron chi connectivity index (χ3n) is 2.12. The van der Waals surface area contributed by atoms with Crippen LogP contribution in [0.1, 0.15) is 4.88 Å². The van der Waals surface area contributed by atoms with Gasteiger partial charge in [-0.15, -0.1) is 23.7 Å². The van der Waals surface area contributed by atoms with Crippen LogP contribution in [-0.2, 0) is 6.54 Å². The molecule has 0 amide bonds. The van der Waals surface area contributed by atoms with Gasteiger partial charge in [-0.1, -0.05) is 12.1 Å². The Balaban J connectivity index is 0.00000128. The average molecular weight is 256 g/mol. The molecular weight excluding hydrogens is 242 g/mol. The summed E-state index contributed by atoms with van der Waals surface area (Å²) in [5.41, 5.74) is 1.09. The standard InChI is InChI=1S/C12H13NOS.ClH/c1-14-11-5-2-4-10(8-11)13-9-12-6-3-7-15-12;/h2-8,13H,9H2,1H3;1H. The molecule has 1 aromatic carbocycles. The highest BCUT2D eigenvalue weighted by atomic mass is 35.5. The first-order chi connectivity index (χ1) is 7.38. The lowest BCUT2D eigenvalue weighted by Gasteiger charge is -2.06. The van der Waals surface area contributed by atoms with Crippen molar-refractivity contribution in [3.8, 4) is 5.75 Å². The minimum atomic E-state index is 0. The lowest BCUT2D eigenvalue weighted by atomic mass is 10.3. The van der Waals surface area contributed by atoms with E-state index in [1.165, 1.54) is 4.88 Å². The van der Waals surface area contributed by atoms with Crippen LogP contribution in [0.15, 0.2) is 41.8 Å². The summed E-state index contributed by atoms with van der Waals surface area (Å²) in [5, 5.41) is 5.44. The molecule has 86 valence electrons.